The van der Waals surface area contributed by atoms with E-state index in [2.05, 4.69) is 5.32 Å². The molecule has 0 aliphatic heterocycles. The standard InChI is InChI=1S/C11H22N2O2/c1-2-8(12)7-11(15)13-9-5-3-4-6-10(9)14/h8-10,14H,2-7,12H2,1H3,(H,13,15)/t8?,9-,10-/m1/s1. The maximum absolute atomic E-state index is 11.5. The third kappa shape index (κ3) is 4.18. The largest absolute Gasteiger partial charge is 0.391 e. The van der Waals surface area contributed by atoms with Crippen molar-refractivity contribution in [1.29, 1.82) is 0 Å². The summed E-state index contributed by atoms with van der Waals surface area (Å²) in [5.74, 6) is -0.0321. The molecule has 0 radical (unpaired) electrons. The Morgan fingerprint density at radius 1 is 1.53 bits per heavy atom. The summed E-state index contributed by atoms with van der Waals surface area (Å²) in [6.45, 7) is 1.97. The molecule has 0 aromatic carbocycles. The Kier molecular flexibility index (Phi) is 5.05. The molecule has 15 heavy (non-hydrogen) atoms. The lowest BCUT2D eigenvalue weighted by atomic mass is 9.92. The highest BCUT2D eigenvalue weighted by Crippen LogP contribution is 2.18. The van der Waals surface area contributed by atoms with Gasteiger partial charge in [-0.3, -0.25) is 4.79 Å². The van der Waals surface area contributed by atoms with Gasteiger partial charge in [-0.15, -0.1) is 0 Å². The first-order valence-corrected chi connectivity index (χ1v) is 5.86. The molecular formula is C11H22N2O2. The molecule has 1 aliphatic rings. The maximum Gasteiger partial charge on any atom is 0.221 e. The quantitative estimate of drug-likeness (QED) is 0.639. The van der Waals surface area contributed by atoms with Crippen LogP contribution in [0.25, 0.3) is 0 Å². The molecule has 0 aromatic heterocycles. The minimum Gasteiger partial charge on any atom is -0.391 e. The van der Waals surface area contributed by atoms with Gasteiger partial charge in [0, 0.05) is 12.5 Å². The molecule has 0 bridgehead atoms. The molecule has 1 saturated carbocycles. The van der Waals surface area contributed by atoms with Crippen LogP contribution in [-0.4, -0.2) is 29.2 Å². The molecule has 4 nitrogen and oxygen atoms in total. The van der Waals surface area contributed by atoms with E-state index in [0.717, 1.165) is 32.1 Å². The summed E-state index contributed by atoms with van der Waals surface area (Å²) >= 11 is 0. The first kappa shape index (κ1) is 12.5. The molecule has 0 saturated heterocycles. The summed E-state index contributed by atoms with van der Waals surface area (Å²) in [7, 11) is 0. The van der Waals surface area contributed by atoms with Gasteiger partial charge in [0.25, 0.3) is 0 Å². The molecule has 4 heteroatoms. The Balaban J connectivity index is 2.29. The summed E-state index contributed by atoms with van der Waals surface area (Å²) in [6.07, 6.45) is 4.61. The Labute approximate surface area is 91.2 Å². The van der Waals surface area contributed by atoms with Crippen LogP contribution >= 0.6 is 0 Å². The first-order chi connectivity index (χ1) is 7.13. The Bertz CT molecular complexity index is 209. The second kappa shape index (κ2) is 6.08. The predicted molar refractivity (Wildman–Crippen MR) is 59.3 cm³/mol. The molecule has 1 aliphatic carbocycles. The lowest BCUT2D eigenvalue weighted by Crippen LogP contribution is -2.46. The zero-order chi connectivity index (χ0) is 11.3. The molecule has 0 aromatic rings. The number of aliphatic hydroxyl groups excluding tert-OH is 1. The van der Waals surface area contributed by atoms with Crippen molar-refractivity contribution in [2.45, 2.75) is 63.6 Å². The lowest BCUT2D eigenvalue weighted by Gasteiger charge is -2.28. The number of aliphatic hydroxyl groups is 1. The van der Waals surface area contributed by atoms with E-state index in [1.54, 1.807) is 0 Å². The maximum atomic E-state index is 11.5. The summed E-state index contributed by atoms with van der Waals surface area (Å²) in [6, 6.07) is -0.124. The summed E-state index contributed by atoms with van der Waals surface area (Å²) in [5, 5.41) is 12.5. The van der Waals surface area contributed by atoms with Crippen molar-refractivity contribution in [3.63, 3.8) is 0 Å². The Morgan fingerprint density at radius 2 is 2.20 bits per heavy atom. The van der Waals surface area contributed by atoms with Crippen molar-refractivity contribution in [3.05, 3.63) is 0 Å². The number of hydrogen-bond acceptors (Lipinski definition) is 3. The van der Waals surface area contributed by atoms with E-state index < -0.39 is 0 Å². The van der Waals surface area contributed by atoms with Gasteiger partial charge in [0.2, 0.25) is 5.91 Å². The lowest BCUT2D eigenvalue weighted by molar-refractivity contribution is -0.123. The molecular weight excluding hydrogens is 192 g/mol. The summed E-state index contributed by atoms with van der Waals surface area (Å²) < 4.78 is 0. The number of amides is 1. The van der Waals surface area contributed by atoms with Crippen molar-refractivity contribution in [1.82, 2.24) is 5.32 Å². The SMILES string of the molecule is CCC(N)CC(=O)N[C@@H]1CCCC[C@H]1O. The van der Waals surface area contributed by atoms with Gasteiger partial charge in [0.05, 0.1) is 12.1 Å². The molecule has 1 fully saturated rings. The van der Waals surface area contributed by atoms with Crippen LogP contribution in [0.2, 0.25) is 0 Å². The molecule has 1 unspecified atom stereocenters. The van der Waals surface area contributed by atoms with Crippen LogP contribution in [0.5, 0.6) is 0 Å². The zero-order valence-electron chi connectivity index (χ0n) is 9.41. The van der Waals surface area contributed by atoms with Crippen molar-refractivity contribution in [3.8, 4) is 0 Å². The van der Waals surface area contributed by atoms with Gasteiger partial charge in [-0.2, -0.15) is 0 Å². The van der Waals surface area contributed by atoms with Gasteiger partial charge in [0.1, 0.15) is 0 Å². The first-order valence-electron chi connectivity index (χ1n) is 5.86. The molecule has 4 N–H and O–H groups in total. The van der Waals surface area contributed by atoms with Crippen LogP contribution in [-0.2, 0) is 4.79 Å². The van der Waals surface area contributed by atoms with Crippen LogP contribution in [0.4, 0.5) is 0 Å². The number of carbonyl (C=O) groups is 1. The van der Waals surface area contributed by atoms with Gasteiger partial charge >= 0.3 is 0 Å². The second-order valence-electron chi connectivity index (χ2n) is 4.40. The van der Waals surface area contributed by atoms with Crippen LogP contribution < -0.4 is 11.1 Å². The predicted octanol–water partition coefficient (Wildman–Crippen LogP) is 0.533. The van der Waals surface area contributed by atoms with E-state index in [0.29, 0.717) is 6.42 Å². The number of rotatable bonds is 4. The van der Waals surface area contributed by atoms with Gasteiger partial charge in [-0.1, -0.05) is 19.8 Å². The number of nitrogens with two attached hydrogens (primary N) is 1. The summed E-state index contributed by atoms with van der Waals surface area (Å²) in [4.78, 5) is 11.5. The molecule has 1 rings (SSSR count). The van der Waals surface area contributed by atoms with Gasteiger partial charge in [-0.25, -0.2) is 0 Å². The van der Waals surface area contributed by atoms with E-state index in [1.165, 1.54) is 0 Å². The van der Waals surface area contributed by atoms with Crippen LogP contribution in [0.15, 0.2) is 0 Å². The van der Waals surface area contributed by atoms with Gasteiger partial charge in [-0.05, 0) is 19.3 Å². The second-order valence-corrected chi connectivity index (χ2v) is 4.40. The highest BCUT2D eigenvalue weighted by molar-refractivity contribution is 5.76. The average Bonchev–Trinajstić information content (AvgIpc) is 2.21. The number of hydrogen-bond donors (Lipinski definition) is 3. The number of nitrogens with one attached hydrogen (secondary N) is 1. The normalized spacial score (nSPS) is 28.5. The van der Waals surface area contributed by atoms with Crippen molar-refractivity contribution >= 4 is 5.91 Å². The highest BCUT2D eigenvalue weighted by atomic mass is 16.3. The third-order valence-corrected chi connectivity index (χ3v) is 3.05. The average molecular weight is 214 g/mol. The Hall–Kier alpha value is -0.610. The fourth-order valence-electron chi connectivity index (χ4n) is 1.93. The number of carbonyl (C=O) groups excluding carboxylic acids is 1. The molecule has 1 amide bonds. The van der Waals surface area contributed by atoms with E-state index in [4.69, 9.17) is 5.73 Å². The minimum absolute atomic E-state index is 0.0321. The monoisotopic (exact) mass is 214 g/mol. The van der Waals surface area contributed by atoms with Crippen LogP contribution in [0.3, 0.4) is 0 Å². The fraction of sp³-hybridized carbons (Fsp3) is 0.909. The molecule has 3 atom stereocenters. The third-order valence-electron chi connectivity index (χ3n) is 3.05. The van der Waals surface area contributed by atoms with Gasteiger partial charge in [0.15, 0.2) is 0 Å². The topological polar surface area (TPSA) is 75.4 Å². The summed E-state index contributed by atoms with van der Waals surface area (Å²) in [5.41, 5.74) is 5.69. The molecule has 0 spiro atoms. The minimum atomic E-state index is -0.374. The highest BCUT2D eigenvalue weighted by Gasteiger charge is 2.24. The van der Waals surface area contributed by atoms with Crippen molar-refractivity contribution in [2.75, 3.05) is 0 Å². The van der Waals surface area contributed by atoms with E-state index >= 15 is 0 Å². The molecule has 0 heterocycles. The Morgan fingerprint density at radius 3 is 2.80 bits per heavy atom. The van der Waals surface area contributed by atoms with E-state index in [-0.39, 0.29) is 24.1 Å². The smallest absolute Gasteiger partial charge is 0.221 e. The van der Waals surface area contributed by atoms with E-state index in [1.807, 2.05) is 6.92 Å². The van der Waals surface area contributed by atoms with Crippen molar-refractivity contribution < 1.29 is 9.90 Å². The van der Waals surface area contributed by atoms with Crippen LogP contribution in [0.1, 0.15) is 45.4 Å². The van der Waals surface area contributed by atoms with Gasteiger partial charge < -0.3 is 16.2 Å². The molecule has 88 valence electrons. The van der Waals surface area contributed by atoms with E-state index in [9.17, 15) is 9.90 Å². The van der Waals surface area contributed by atoms with Crippen molar-refractivity contribution in [2.24, 2.45) is 5.73 Å². The fourth-order valence-corrected chi connectivity index (χ4v) is 1.93. The van der Waals surface area contributed by atoms with Crippen LogP contribution in [0, 0.1) is 0 Å². The zero-order valence-corrected chi connectivity index (χ0v) is 9.41.